The Kier molecular flexibility index (Phi) is 3.81. The fourth-order valence-electron chi connectivity index (χ4n) is 1.48. The molecule has 0 atom stereocenters. The summed E-state index contributed by atoms with van der Waals surface area (Å²) in [7, 11) is -4.00. The van der Waals surface area contributed by atoms with Gasteiger partial charge in [-0.1, -0.05) is 0 Å². The highest BCUT2D eigenvalue weighted by Gasteiger charge is 2.16. The minimum Gasteiger partial charge on any atom is -0.308 e. The molecule has 0 spiro atoms. The molecular weight excluding hydrogens is 290 g/mol. The highest BCUT2D eigenvalue weighted by atomic mass is 32.2. The van der Waals surface area contributed by atoms with Gasteiger partial charge in [0.25, 0.3) is 10.0 Å². The van der Waals surface area contributed by atoms with Crippen molar-refractivity contribution in [2.24, 2.45) is 5.84 Å². The van der Waals surface area contributed by atoms with Gasteiger partial charge in [-0.2, -0.15) is 0 Å². The van der Waals surface area contributed by atoms with Gasteiger partial charge in [0.2, 0.25) is 0 Å². The Hall–Kier alpha value is -2.26. The predicted molar refractivity (Wildman–Crippen MR) is 69.2 cm³/mol. The van der Waals surface area contributed by atoms with Crippen molar-refractivity contribution in [3.63, 3.8) is 0 Å². The minimum atomic E-state index is -4.00. The number of halogens is 2. The number of aromatic nitrogens is 1. The molecule has 106 valence electrons. The maximum Gasteiger partial charge on any atom is 0.262 e. The van der Waals surface area contributed by atoms with Crippen LogP contribution >= 0.6 is 0 Å². The van der Waals surface area contributed by atoms with E-state index in [0.717, 1.165) is 12.1 Å². The Labute approximate surface area is 113 Å². The van der Waals surface area contributed by atoms with Crippen molar-refractivity contribution in [2.45, 2.75) is 4.90 Å². The Balaban J connectivity index is 2.35. The molecule has 2 rings (SSSR count). The van der Waals surface area contributed by atoms with Gasteiger partial charge in [0.15, 0.2) is 0 Å². The van der Waals surface area contributed by atoms with Crippen LogP contribution < -0.4 is 16.0 Å². The summed E-state index contributed by atoms with van der Waals surface area (Å²) < 4.78 is 52.2. The molecule has 1 heterocycles. The molecule has 0 aliphatic rings. The summed E-state index contributed by atoms with van der Waals surface area (Å²) in [5.74, 6) is 3.49. The highest BCUT2D eigenvalue weighted by molar-refractivity contribution is 7.92. The van der Waals surface area contributed by atoms with E-state index >= 15 is 0 Å². The van der Waals surface area contributed by atoms with E-state index in [1.165, 1.54) is 18.3 Å². The van der Waals surface area contributed by atoms with Crippen molar-refractivity contribution in [3.8, 4) is 0 Å². The van der Waals surface area contributed by atoms with Crippen molar-refractivity contribution in [1.29, 1.82) is 0 Å². The van der Waals surface area contributed by atoms with Crippen molar-refractivity contribution >= 4 is 21.5 Å². The molecule has 0 saturated carbocycles. The molecule has 0 aliphatic carbocycles. The lowest BCUT2D eigenvalue weighted by atomic mass is 10.3. The second kappa shape index (κ2) is 5.39. The fourth-order valence-corrected chi connectivity index (χ4v) is 2.54. The third-order valence-electron chi connectivity index (χ3n) is 2.30. The van der Waals surface area contributed by atoms with Gasteiger partial charge in [0.1, 0.15) is 17.5 Å². The molecule has 2 aromatic rings. The molecule has 0 unspecified atom stereocenters. The lowest BCUT2D eigenvalue weighted by Crippen LogP contribution is -2.15. The number of rotatable bonds is 4. The van der Waals surface area contributed by atoms with Gasteiger partial charge < -0.3 is 5.43 Å². The Morgan fingerprint density at radius 1 is 1.10 bits per heavy atom. The summed E-state index contributed by atoms with van der Waals surface area (Å²) in [4.78, 5) is 3.61. The summed E-state index contributed by atoms with van der Waals surface area (Å²) >= 11 is 0. The van der Waals surface area contributed by atoms with E-state index in [-0.39, 0.29) is 16.4 Å². The monoisotopic (exact) mass is 300 g/mol. The quantitative estimate of drug-likeness (QED) is 0.586. The van der Waals surface area contributed by atoms with Crippen LogP contribution in [0.3, 0.4) is 0 Å². The van der Waals surface area contributed by atoms with Crippen molar-refractivity contribution in [1.82, 2.24) is 4.98 Å². The molecule has 6 nitrogen and oxygen atoms in total. The van der Waals surface area contributed by atoms with Gasteiger partial charge in [0, 0.05) is 18.3 Å². The number of hydrogen-bond acceptors (Lipinski definition) is 5. The third kappa shape index (κ3) is 3.19. The molecular formula is C11H10F2N4O2S. The second-order valence-electron chi connectivity index (χ2n) is 3.78. The molecule has 0 radical (unpaired) electrons. The number of nitrogens with two attached hydrogens (primary N) is 1. The maximum absolute atomic E-state index is 13.0. The van der Waals surface area contributed by atoms with Gasteiger partial charge in [-0.15, -0.1) is 0 Å². The van der Waals surface area contributed by atoms with Crippen molar-refractivity contribution in [3.05, 3.63) is 48.2 Å². The Morgan fingerprint density at radius 2 is 1.75 bits per heavy atom. The summed E-state index contributed by atoms with van der Waals surface area (Å²) in [5.41, 5.74) is 1.98. The zero-order valence-corrected chi connectivity index (χ0v) is 10.8. The van der Waals surface area contributed by atoms with Crippen LogP contribution in [-0.2, 0) is 10.0 Å². The number of sulfonamides is 1. The molecule has 0 amide bonds. The topological polar surface area (TPSA) is 97.1 Å². The first-order valence-electron chi connectivity index (χ1n) is 5.32. The fraction of sp³-hybridized carbons (Fsp3) is 0. The molecule has 1 aromatic carbocycles. The number of pyridine rings is 1. The molecule has 0 saturated heterocycles. The standard InChI is InChI=1S/C11H10F2N4O2S/c12-7-3-8(13)5-9(4-7)17-20(18,19)10-1-2-15-11(6-10)16-14/h1-6,17H,14H2,(H,15,16). The first-order chi connectivity index (χ1) is 9.40. The van der Waals surface area contributed by atoms with Crippen LogP contribution in [0.4, 0.5) is 20.3 Å². The zero-order chi connectivity index (χ0) is 14.8. The highest BCUT2D eigenvalue weighted by Crippen LogP contribution is 2.19. The number of nitrogen functional groups attached to an aromatic ring is 1. The summed E-state index contributed by atoms with van der Waals surface area (Å²) in [6.45, 7) is 0. The molecule has 0 bridgehead atoms. The number of anilines is 2. The van der Waals surface area contributed by atoms with Crippen LogP contribution in [0.1, 0.15) is 0 Å². The Bertz CT molecular complexity index is 717. The number of hydrogen-bond donors (Lipinski definition) is 3. The van der Waals surface area contributed by atoms with Crippen molar-refractivity contribution in [2.75, 3.05) is 10.1 Å². The minimum absolute atomic E-state index is 0.137. The van der Waals surface area contributed by atoms with Gasteiger partial charge >= 0.3 is 0 Å². The van der Waals surface area contributed by atoms with Crippen molar-refractivity contribution < 1.29 is 17.2 Å². The number of nitrogens with one attached hydrogen (secondary N) is 2. The molecule has 1 aromatic heterocycles. The summed E-state index contributed by atoms with van der Waals surface area (Å²) in [6.07, 6.45) is 1.23. The van der Waals surface area contributed by atoms with Crippen LogP contribution in [0, 0.1) is 11.6 Å². The van der Waals surface area contributed by atoms with Crippen LogP contribution in [0.15, 0.2) is 41.4 Å². The van der Waals surface area contributed by atoms with Gasteiger partial charge in [-0.25, -0.2) is 28.0 Å². The number of nitrogens with zero attached hydrogens (tertiary/aromatic N) is 1. The lowest BCUT2D eigenvalue weighted by molar-refractivity contribution is 0.584. The Morgan fingerprint density at radius 3 is 2.35 bits per heavy atom. The zero-order valence-electron chi connectivity index (χ0n) is 9.97. The van der Waals surface area contributed by atoms with Gasteiger partial charge in [-0.3, -0.25) is 4.72 Å². The second-order valence-corrected chi connectivity index (χ2v) is 5.47. The molecule has 9 heteroatoms. The van der Waals surface area contributed by atoms with Gasteiger partial charge in [0.05, 0.1) is 10.6 Å². The summed E-state index contributed by atoms with van der Waals surface area (Å²) in [6, 6.07) is 4.77. The van der Waals surface area contributed by atoms with E-state index in [0.29, 0.717) is 6.07 Å². The van der Waals surface area contributed by atoms with E-state index < -0.39 is 21.7 Å². The molecule has 20 heavy (non-hydrogen) atoms. The van der Waals surface area contributed by atoms with E-state index in [1.807, 2.05) is 0 Å². The predicted octanol–water partition coefficient (Wildman–Crippen LogP) is 1.45. The van der Waals surface area contributed by atoms with Gasteiger partial charge in [-0.05, 0) is 18.2 Å². The molecule has 4 N–H and O–H groups in total. The largest absolute Gasteiger partial charge is 0.308 e. The maximum atomic E-state index is 13.0. The lowest BCUT2D eigenvalue weighted by Gasteiger charge is -2.09. The average Bonchev–Trinajstić information content (AvgIpc) is 2.37. The smallest absolute Gasteiger partial charge is 0.262 e. The van der Waals surface area contributed by atoms with Crippen LogP contribution in [0.25, 0.3) is 0 Å². The van der Waals surface area contributed by atoms with Crippen LogP contribution in [0.2, 0.25) is 0 Å². The van der Waals surface area contributed by atoms with Crippen LogP contribution in [0.5, 0.6) is 0 Å². The first kappa shape index (κ1) is 14.2. The third-order valence-corrected chi connectivity index (χ3v) is 3.68. The first-order valence-corrected chi connectivity index (χ1v) is 6.80. The molecule has 0 fully saturated rings. The van der Waals surface area contributed by atoms with Crippen LogP contribution in [-0.4, -0.2) is 13.4 Å². The normalized spacial score (nSPS) is 11.2. The number of benzene rings is 1. The average molecular weight is 300 g/mol. The SMILES string of the molecule is NNc1cc(S(=O)(=O)Nc2cc(F)cc(F)c2)ccn1. The summed E-state index contributed by atoms with van der Waals surface area (Å²) in [5, 5.41) is 0. The van der Waals surface area contributed by atoms with E-state index in [1.54, 1.807) is 0 Å². The van der Waals surface area contributed by atoms with E-state index in [2.05, 4.69) is 15.1 Å². The molecule has 0 aliphatic heterocycles. The van der Waals surface area contributed by atoms with E-state index in [9.17, 15) is 17.2 Å². The number of hydrazine groups is 1. The van der Waals surface area contributed by atoms with E-state index in [4.69, 9.17) is 5.84 Å².